The van der Waals surface area contributed by atoms with Crippen molar-refractivity contribution >= 4 is 16.9 Å². The summed E-state index contributed by atoms with van der Waals surface area (Å²) in [6.07, 6.45) is 1.66. The molecule has 6 heteroatoms. The second-order valence-electron chi connectivity index (χ2n) is 4.46. The van der Waals surface area contributed by atoms with E-state index in [1.807, 2.05) is 33.0 Å². The third-order valence-electron chi connectivity index (χ3n) is 2.97. The van der Waals surface area contributed by atoms with Crippen LogP contribution in [0.1, 0.15) is 17.3 Å². The highest BCUT2D eigenvalue weighted by Gasteiger charge is 2.13. The molecule has 1 N–H and O–H groups in total. The van der Waals surface area contributed by atoms with E-state index in [0.29, 0.717) is 6.54 Å². The number of rotatable bonds is 3. The van der Waals surface area contributed by atoms with Crippen molar-refractivity contribution < 1.29 is 4.42 Å². The summed E-state index contributed by atoms with van der Waals surface area (Å²) in [6, 6.07) is 3.79. The van der Waals surface area contributed by atoms with Gasteiger partial charge < -0.3 is 9.73 Å². The van der Waals surface area contributed by atoms with Gasteiger partial charge in [-0.2, -0.15) is 5.10 Å². The molecule has 19 heavy (non-hydrogen) atoms. The smallest absolute Gasteiger partial charge is 0.156 e. The van der Waals surface area contributed by atoms with E-state index in [1.165, 1.54) is 0 Å². The van der Waals surface area contributed by atoms with Crippen LogP contribution >= 0.6 is 0 Å². The molecule has 3 heterocycles. The van der Waals surface area contributed by atoms with Gasteiger partial charge in [-0.1, -0.05) is 0 Å². The number of nitrogens with zero attached hydrogens (tertiary/aromatic N) is 4. The Morgan fingerprint density at radius 2 is 2.16 bits per heavy atom. The van der Waals surface area contributed by atoms with Gasteiger partial charge in [-0.15, -0.1) is 0 Å². The van der Waals surface area contributed by atoms with Crippen LogP contribution in [0.15, 0.2) is 22.8 Å². The molecule has 0 amide bonds. The summed E-state index contributed by atoms with van der Waals surface area (Å²) in [6.45, 7) is 4.41. The summed E-state index contributed by atoms with van der Waals surface area (Å²) in [5, 5.41) is 7.67. The molecule has 0 aliphatic heterocycles. The second-order valence-corrected chi connectivity index (χ2v) is 4.46. The maximum Gasteiger partial charge on any atom is 0.156 e. The lowest BCUT2D eigenvalue weighted by molar-refractivity contribution is 0.518. The van der Waals surface area contributed by atoms with E-state index < -0.39 is 0 Å². The highest BCUT2D eigenvalue weighted by atomic mass is 16.3. The molecule has 0 aliphatic carbocycles. The average Bonchev–Trinajstić information content (AvgIpc) is 2.96. The molecule has 0 aromatic carbocycles. The van der Waals surface area contributed by atoms with Crippen LogP contribution in [-0.2, 0) is 13.6 Å². The molecule has 6 nitrogen and oxygen atoms in total. The molecule has 0 fully saturated rings. The van der Waals surface area contributed by atoms with Gasteiger partial charge in [0, 0.05) is 7.05 Å². The maximum absolute atomic E-state index is 5.30. The number of hydrogen-bond donors (Lipinski definition) is 1. The molecule has 0 saturated carbocycles. The van der Waals surface area contributed by atoms with Gasteiger partial charge in [-0.05, 0) is 26.0 Å². The van der Waals surface area contributed by atoms with E-state index in [4.69, 9.17) is 4.42 Å². The minimum absolute atomic E-state index is 0.586. The lowest BCUT2D eigenvalue weighted by Gasteiger charge is -2.07. The van der Waals surface area contributed by atoms with Crippen molar-refractivity contribution in [3.8, 4) is 0 Å². The normalized spacial score (nSPS) is 11.1. The van der Waals surface area contributed by atoms with Crippen LogP contribution in [0.25, 0.3) is 11.0 Å². The Labute approximate surface area is 110 Å². The standard InChI is InChI=1S/C13H15N5O/c1-8-11-12(18(3)17-8)13(16-9(2)15-11)14-7-10-5-4-6-19-10/h4-6H,7H2,1-3H3,(H,14,15,16). The topological polar surface area (TPSA) is 68.8 Å². The number of fused-ring (bicyclic) bond motifs is 1. The zero-order chi connectivity index (χ0) is 13.4. The van der Waals surface area contributed by atoms with E-state index in [-0.39, 0.29) is 0 Å². The molecule has 0 bridgehead atoms. The fourth-order valence-electron chi connectivity index (χ4n) is 2.16. The SMILES string of the molecule is Cc1nc(NCc2ccco2)c2c(n1)c(C)nn2C. The highest BCUT2D eigenvalue weighted by molar-refractivity contribution is 5.87. The third kappa shape index (κ3) is 2.05. The lowest BCUT2D eigenvalue weighted by atomic mass is 10.3. The maximum atomic E-state index is 5.30. The van der Waals surface area contributed by atoms with Gasteiger partial charge in [0.25, 0.3) is 0 Å². The van der Waals surface area contributed by atoms with E-state index in [0.717, 1.165) is 34.1 Å². The van der Waals surface area contributed by atoms with Gasteiger partial charge in [0.1, 0.15) is 22.6 Å². The number of nitrogens with one attached hydrogen (secondary N) is 1. The first-order chi connectivity index (χ1) is 9.15. The Kier molecular flexibility index (Phi) is 2.70. The van der Waals surface area contributed by atoms with Crippen molar-refractivity contribution in [2.45, 2.75) is 20.4 Å². The van der Waals surface area contributed by atoms with E-state index >= 15 is 0 Å². The van der Waals surface area contributed by atoms with Crippen LogP contribution in [0, 0.1) is 13.8 Å². The molecule has 0 radical (unpaired) electrons. The zero-order valence-corrected chi connectivity index (χ0v) is 11.1. The van der Waals surface area contributed by atoms with Gasteiger partial charge in [-0.3, -0.25) is 4.68 Å². The third-order valence-corrected chi connectivity index (χ3v) is 2.97. The summed E-state index contributed by atoms with van der Waals surface area (Å²) < 4.78 is 7.10. The summed E-state index contributed by atoms with van der Waals surface area (Å²) in [4.78, 5) is 8.89. The van der Waals surface area contributed by atoms with Crippen molar-refractivity contribution in [3.05, 3.63) is 35.7 Å². The summed E-state index contributed by atoms with van der Waals surface area (Å²) in [5.41, 5.74) is 2.70. The monoisotopic (exact) mass is 257 g/mol. The summed E-state index contributed by atoms with van der Waals surface area (Å²) >= 11 is 0. The fraction of sp³-hybridized carbons (Fsp3) is 0.308. The van der Waals surface area contributed by atoms with E-state index in [9.17, 15) is 0 Å². The predicted octanol–water partition coefficient (Wildman–Crippen LogP) is 2.19. The number of aromatic nitrogens is 4. The minimum Gasteiger partial charge on any atom is -0.467 e. The molecule has 0 spiro atoms. The Bertz CT molecular complexity index is 714. The predicted molar refractivity (Wildman–Crippen MR) is 71.8 cm³/mol. The van der Waals surface area contributed by atoms with Crippen molar-refractivity contribution in [2.24, 2.45) is 7.05 Å². The molecule has 0 atom stereocenters. The molecule has 3 rings (SSSR count). The van der Waals surface area contributed by atoms with Gasteiger partial charge in [-0.25, -0.2) is 9.97 Å². The molecule has 0 unspecified atom stereocenters. The molecule has 0 saturated heterocycles. The van der Waals surface area contributed by atoms with Crippen molar-refractivity contribution in [1.82, 2.24) is 19.7 Å². The van der Waals surface area contributed by atoms with Crippen LogP contribution in [0.4, 0.5) is 5.82 Å². The second kappa shape index (κ2) is 4.38. The van der Waals surface area contributed by atoms with Gasteiger partial charge >= 0.3 is 0 Å². The first-order valence-corrected chi connectivity index (χ1v) is 6.09. The first kappa shape index (κ1) is 11.7. The number of aryl methyl sites for hydroxylation is 3. The highest BCUT2D eigenvalue weighted by Crippen LogP contribution is 2.22. The fourth-order valence-corrected chi connectivity index (χ4v) is 2.16. The van der Waals surface area contributed by atoms with Crippen molar-refractivity contribution in [1.29, 1.82) is 0 Å². The first-order valence-electron chi connectivity index (χ1n) is 6.09. The van der Waals surface area contributed by atoms with Gasteiger partial charge in [0.15, 0.2) is 5.82 Å². The van der Waals surface area contributed by atoms with Crippen molar-refractivity contribution in [3.63, 3.8) is 0 Å². The van der Waals surface area contributed by atoms with Crippen LogP contribution in [0.3, 0.4) is 0 Å². The minimum atomic E-state index is 0.586. The molecule has 98 valence electrons. The molecular weight excluding hydrogens is 242 g/mol. The Hall–Kier alpha value is -2.37. The van der Waals surface area contributed by atoms with Crippen LogP contribution in [0.5, 0.6) is 0 Å². The van der Waals surface area contributed by atoms with Gasteiger partial charge in [0.05, 0.1) is 18.5 Å². The molecular formula is C13H15N5O. The van der Waals surface area contributed by atoms with E-state index in [1.54, 1.807) is 10.9 Å². The molecule has 3 aromatic heterocycles. The van der Waals surface area contributed by atoms with E-state index in [2.05, 4.69) is 20.4 Å². The number of hydrogen-bond acceptors (Lipinski definition) is 5. The largest absolute Gasteiger partial charge is 0.467 e. The van der Waals surface area contributed by atoms with Crippen molar-refractivity contribution in [2.75, 3.05) is 5.32 Å². The van der Waals surface area contributed by atoms with Crippen LogP contribution in [-0.4, -0.2) is 19.7 Å². The Morgan fingerprint density at radius 3 is 2.89 bits per heavy atom. The number of anilines is 1. The summed E-state index contributed by atoms with van der Waals surface area (Å²) in [5.74, 6) is 2.37. The average molecular weight is 257 g/mol. The Morgan fingerprint density at radius 1 is 1.32 bits per heavy atom. The Balaban J connectivity index is 2.02. The quantitative estimate of drug-likeness (QED) is 0.778. The number of furan rings is 1. The van der Waals surface area contributed by atoms with Crippen LogP contribution in [0.2, 0.25) is 0 Å². The molecule has 0 aliphatic rings. The molecule has 3 aromatic rings. The summed E-state index contributed by atoms with van der Waals surface area (Å²) in [7, 11) is 1.89. The lowest BCUT2D eigenvalue weighted by Crippen LogP contribution is -2.05. The zero-order valence-electron chi connectivity index (χ0n) is 11.1. The van der Waals surface area contributed by atoms with Crippen LogP contribution < -0.4 is 5.32 Å². The van der Waals surface area contributed by atoms with Gasteiger partial charge in [0.2, 0.25) is 0 Å².